The lowest BCUT2D eigenvalue weighted by Crippen LogP contribution is -2.28. The summed E-state index contributed by atoms with van der Waals surface area (Å²) in [6.45, 7) is 5.21. The Morgan fingerprint density at radius 3 is 2.53 bits per heavy atom. The summed E-state index contributed by atoms with van der Waals surface area (Å²) in [5.74, 6) is -0.721. The minimum Gasteiger partial charge on any atom is -0.463 e. The van der Waals surface area contributed by atoms with E-state index in [2.05, 4.69) is 36.0 Å². The number of carbonyl (C=O) groups excluding carboxylic acids is 2. The van der Waals surface area contributed by atoms with Crippen molar-refractivity contribution in [3.05, 3.63) is 16.5 Å². The van der Waals surface area contributed by atoms with Crippen LogP contribution in [-0.2, 0) is 9.47 Å². The summed E-state index contributed by atoms with van der Waals surface area (Å²) in [5.41, 5.74) is -0.630. The fourth-order valence-electron chi connectivity index (χ4n) is 1.04. The van der Waals surface area contributed by atoms with Crippen LogP contribution in [0.25, 0.3) is 0 Å². The molecule has 1 aromatic heterocycles. The fourth-order valence-corrected chi connectivity index (χ4v) is 1.33. The molecule has 1 rings (SSSR count). The van der Waals surface area contributed by atoms with Crippen LogP contribution in [-0.4, -0.2) is 34.7 Å². The molecule has 0 saturated carbocycles. The molecule has 0 unspecified atom stereocenters. The monoisotopic (exact) mass is 331 g/mol. The molecule has 1 aromatic rings. The van der Waals surface area contributed by atoms with Crippen molar-refractivity contribution < 1.29 is 19.1 Å². The zero-order valence-corrected chi connectivity index (χ0v) is 12.6. The number of rotatable bonds is 2. The molecule has 0 fully saturated rings. The molecule has 0 spiro atoms. The first-order valence-electron chi connectivity index (χ1n) is 5.34. The maximum Gasteiger partial charge on any atom is 0.413 e. The van der Waals surface area contributed by atoms with E-state index in [0.717, 1.165) is 0 Å². The Balaban J connectivity index is 2.88. The second-order valence-electron chi connectivity index (χ2n) is 4.51. The quantitative estimate of drug-likeness (QED) is 0.836. The SMILES string of the molecule is COC(=O)c1ncc(Br)c(NC(=O)OC(C)(C)C)n1. The zero-order chi connectivity index (χ0) is 14.6. The van der Waals surface area contributed by atoms with E-state index in [4.69, 9.17) is 4.74 Å². The minimum absolute atomic E-state index is 0.129. The van der Waals surface area contributed by atoms with Crippen LogP contribution in [0.5, 0.6) is 0 Å². The molecule has 0 aliphatic heterocycles. The molecule has 0 saturated heterocycles. The Labute approximate surface area is 118 Å². The molecule has 0 aliphatic carbocycles. The van der Waals surface area contributed by atoms with Gasteiger partial charge in [-0.15, -0.1) is 0 Å². The van der Waals surface area contributed by atoms with Gasteiger partial charge in [-0.05, 0) is 36.7 Å². The average Bonchev–Trinajstić information content (AvgIpc) is 2.28. The molecule has 1 heterocycles. The summed E-state index contributed by atoms with van der Waals surface area (Å²) in [4.78, 5) is 30.5. The van der Waals surface area contributed by atoms with Crippen molar-refractivity contribution in [3.63, 3.8) is 0 Å². The van der Waals surface area contributed by atoms with Crippen molar-refractivity contribution in [2.24, 2.45) is 0 Å². The molecule has 0 bridgehead atoms. The third kappa shape index (κ3) is 4.82. The van der Waals surface area contributed by atoms with Crippen LogP contribution >= 0.6 is 15.9 Å². The molecular weight excluding hydrogens is 318 g/mol. The first kappa shape index (κ1) is 15.4. The van der Waals surface area contributed by atoms with E-state index < -0.39 is 17.7 Å². The highest BCUT2D eigenvalue weighted by Gasteiger charge is 2.19. The number of amides is 1. The number of methoxy groups -OCH3 is 1. The van der Waals surface area contributed by atoms with Crippen molar-refractivity contribution in [2.45, 2.75) is 26.4 Å². The van der Waals surface area contributed by atoms with E-state index in [1.807, 2.05) is 0 Å². The predicted molar refractivity (Wildman–Crippen MR) is 70.9 cm³/mol. The number of hydrogen-bond donors (Lipinski definition) is 1. The van der Waals surface area contributed by atoms with Gasteiger partial charge in [0.25, 0.3) is 0 Å². The van der Waals surface area contributed by atoms with Crippen LogP contribution < -0.4 is 5.32 Å². The molecule has 19 heavy (non-hydrogen) atoms. The van der Waals surface area contributed by atoms with Gasteiger partial charge in [0.2, 0.25) is 5.82 Å². The fraction of sp³-hybridized carbons (Fsp3) is 0.455. The molecule has 7 nitrogen and oxygen atoms in total. The van der Waals surface area contributed by atoms with E-state index in [9.17, 15) is 9.59 Å². The Morgan fingerprint density at radius 1 is 1.37 bits per heavy atom. The number of anilines is 1. The van der Waals surface area contributed by atoms with Gasteiger partial charge in [0.15, 0.2) is 5.82 Å². The van der Waals surface area contributed by atoms with Gasteiger partial charge in [-0.3, -0.25) is 5.32 Å². The van der Waals surface area contributed by atoms with Gasteiger partial charge in [-0.2, -0.15) is 0 Å². The van der Waals surface area contributed by atoms with Crippen molar-refractivity contribution in [3.8, 4) is 0 Å². The van der Waals surface area contributed by atoms with Crippen LogP contribution in [0.4, 0.5) is 10.6 Å². The number of ether oxygens (including phenoxy) is 2. The summed E-state index contributed by atoms with van der Waals surface area (Å²) in [7, 11) is 1.22. The molecular formula is C11H14BrN3O4. The van der Waals surface area contributed by atoms with Gasteiger partial charge in [-0.1, -0.05) is 0 Å². The molecule has 104 valence electrons. The zero-order valence-electron chi connectivity index (χ0n) is 11.0. The number of halogens is 1. The maximum atomic E-state index is 11.6. The third-order valence-corrected chi connectivity index (χ3v) is 2.31. The lowest BCUT2D eigenvalue weighted by atomic mass is 10.2. The highest BCUT2D eigenvalue weighted by atomic mass is 79.9. The van der Waals surface area contributed by atoms with E-state index in [-0.39, 0.29) is 11.6 Å². The number of nitrogens with one attached hydrogen (secondary N) is 1. The lowest BCUT2D eigenvalue weighted by Gasteiger charge is -2.19. The molecule has 1 N–H and O–H groups in total. The summed E-state index contributed by atoms with van der Waals surface area (Å²) in [6, 6.07) is 0. The predicted octanol–water partition coefficient (Wildman–Crippen LogP) is 2.37. The summed E-state index contributed by atoms with van der Waals surface area (Å²) < 4.78 is 9.99. The average molecular weight is 332 g/mol. The molecule has 8 heteroatoms. The van der Waals surface area contributed by atoms with Gasteiger partial charge in [-0.25, -0.2) is 19.6 Å². The highest BCUT2D eigenvalue weighted by molar-refractivity contribution is 9.10. The lowest BCUT2D eigenvalue weighted by molar-refractivity contribution is 0.0582. The molecule has 0 atom stereocenters. The standard InChI is InChI=1S/C11H14BrN3O4/c1-11(2,3)19-10(17)15-7-6(12)5-13-8(14-7)9(16)18-4/h5H,1-4H3,(H,13,14,15,17). The third-order valence-electron chi connectivity index (χ3n) is 1.73. The van der Waals surface area contributed by atoms with Crippen molar-refractivity contribution in [1.29, 1.82) is 0 Å². The first-order chi connectivity index (χ1) is 8.73. The van der Waals surface area contributed by atoms with E-state index in [1.54, 1.807) is 20.8 Å². The second-order valence-corrected chi connectivity index (χ2v) is 5.36. The minimum atomic E-state index is -0.695. The Hall–Kier alpha value is -1.70. The number of hydrogen-bond acceptors (Lipinski definition) is 6. The van der Waals surface area contributed by atoms with Gasteiger partial charge in [0.05, 0.1) is 11.6 Å². The van der Waals surface area contributed by atoms with Gasteiger partial charge >= 0.3 is 12.1 Å². The summed E-state index contributed by atoms with van der Waals surface area (Å²) in [6.07, 6.45) is 0.661. The van der Waals surface area contributed by atoms with Crippen LogP contribution in [0.1, 0.15) is 31.4 Å². The van der Waals surface area contributed by atoms with Crippen LogP contribution in [0.2, 0.25) is 0 Å². The van der Waals surface area contributed by atoms with E-state index in [1.165, 1.54) is 13.3 Å². The smallest absolute Gasteiger partial charge is 0.413 e. The Kier molecular flexibility index (Phi) is 4.82. The second kappa shape index (κ2) is 5.96. The Bertz CT molecular complexity index is 499. The van der Waals surface area contributed by atoms with Crippen LogP contribution in [0.3, 0.4) is 0 Å². The summed E-state index contributed by atoms with van der Waals surface area (Å²) >= 11 is 3.16. The first-order valence-corrected chi connectivity index (χ1v) is 6.13. The number of aromatic nitrogens is 2. The van der Waals surface area contributed by atoms with E-state index in [0.29, 0.717) is 4.47 Å². The van der Waals surface area contributed by atoms with Gasteiger partial charge in [0.1, 0.15) is 5.60 Å². The highest BCUT2D eigenvalue weighted by Crippen LogP contribution is 2.19. The van der Waals surface area contributed by atoms with Crippen molar-refractivity contribution >= 4 is 33.8 Å². The van der Waals surface area contributed by atoms with E-state index >= 15 is 0 Å². The normalized spacial score (nSPS) is 10.8. The van der Waals surface area contributed by atoms with Gasteiger partial charge < -0.3 is 9.47 Å². The van der Waals surface area contributed by atoms with Crippen molar-refractivity contribution in [1.82, 2.24) is 9.97 Å². The molecule has 0 aromatic carbocycles. The van der Waals surface area contributed by atoms with Crippen LogP contribution in [0.15, 0.2) is 10.7 Å². The number of esters is 1. The maximum absolute atomic E-state index is 11.6. The van der Waals surface area contributed by atoms with Gasteiger partial charge in [0, 0.05) is 6.20 Å². The van der Waals surface area contributed by atoms with Crippen LogP contribution in [0, 0.1) is 0 Å². The number of nitrogens with zero attached hydrogens (tertiary/aromatic N) is 2. The molecule has 0 radical (unpaired) electrons. The molecule has 0 aliphatic rings. The Morgan fingerprint density at radius 2 is 2.00 bits per heavy atom. The number of carbonyl (C=O) groups is 2. The molecule has 1 amide bonds. The largest absolute Gasteiger partial charge is 0.463 e. The topological polar surface area (TPSA) is 90.4 Å². The summed E-state index contributed by atoms with van der Waals surface area (Å²) in [5, 5.41) is 2.42. The van der Waals surface area contributed by atoms with Crippen molar-refractivity contribution in [2.75, 3.05) is 12.4 Å².